The molecule has 2 nitrogen and oxygen atoms in total. The zero-order valence-electron chi connectivity index (χ0n) is 22.7. The molecule has 42 heavy (non-hydrogen) atoms. The smallest absolute Gasteiger partial charge is 0.0991 e. The minimum atomic E-state index is 0.665. The van der Waals surface area contributed by atoms with E-state index in [-0.39, 0.29) is 0 Å². The minimum absolute atomic E-state index is 0.665. The summed E-state index contributed by atoms with van der Waals surface area (Å²) in [7, 11) is 0. The van der Waals surface area contributed by atoms with E-state index < -0.39 is 0 Å². The molecule has 1 aliphatic heterocycles. The zero-order chi connectivity index (χ0) is 28.0. The summed E-state index contributed by atoms with van der Waals surface area (Å²) in [5.41, 5.74) is 12.4. The fraction of sp³-hybridized carbons (Fsp3) is 0. The Morgan fingerprint density at radius 1 is 0.524 bits per heavy atom. The Morgan fingerprint density at radius 2 is 1.17 bits per heavy atom. The first-order valence-corrected chi connectivity index (χ1v) is 14.8. The van der Waals surface area contributed by atoms with Crippen LogP contribution in [0.4, 0.5) is 0 Å². The lowest BCUT2D eigenvalue weighted by Gasteiger charge is -2.16. The van der Waals surface area contributed by atoms with Crippen LogP contribution in [0.3, 0.4) is 0 Å². The topological polar surface area (TPSA) is 28.7 Å². The molecule has 1 aliphatic rings. The number of hydrogen-bond donors (Lipinski definition) is 0. The molecule has 2 heterocycles. The molecule has 0 bridgehead atoms. The molecule has 0 aliphatic carbocycles. The molecule has 0 radical (unpaired) electrons. The Labute approximate surface area is 249 Å². The van der Waals surface area contributed by atoms with Crippen molar-refractivity contribution < 1.29 is 0 Å². The van der Waals surface area contributed by atoms with Crippen molar-refractivity contribution in [1.29, 1.82) is 5.26 Å². The molecule has 196 valence electrons. The number of nitriles is 1. The van der Waals surface area contributed by atoms with Crippen molar-refractivity contribution in [2.24, 2.45) is 0 Å². The molecule has 0 atom stereocenters. The van der Waals surface area contributed by atoms with Gasteiger partial charge in [0, 0.05) is 37.6 Å². The van der Waals surface area contributed by atoms with Crippen LogP contribution in [0, 0.1) is 11.3 Å². The third-order valence-electron chi connectivity index (χ3n) is 8.04. The Balaban J connectivity index is 1.48. The molecule has 0 spiro atoms. The lowest BCUT2D eigenvalue weighted by molar-refractivity contribution is 1.13. The third-order valence-corrected chi connectivity index (χ3v) is 9.19. The maximum absolute atomic E-state index is 9.43. The zero-order valence-corrected chi connectivity index (χ0v) is 23.5. The molecule has 0 unspecified atom stereocenters. The van der Waals surface area contributed by atoms with E-state index in [4.69, 9.17) is 0 Å². The molecule has 3 heteroatoms. The predicted molar refractivity (Wildman–Crippen MR) is 174 cm³/mol. The Morgan fingerprint density at radius 3 is 1.95 bits per heavy atom. The number of aromatic nitrogens is 1. The summed E-state index contributed by atoms with van der Waals surface area (Å²) >= 11 is 1.84. The molecule has 8 rings (SSSR count). The van der Waals surface area contributed by atoms with Gasteiger partial charge in [-0.05, 0) is 58.7 Å². The van der Waals surface area contributed by atoms with Crippen LogP contribution in [-0.4, -0.2) is 4.57 Å². The van der Waals surface area contributed by atoms with Crippen LogP contribution in [-0.2, 0) is 0 Å². The number of nitrogens with zero attached hydrogens (tertiary/aromatic N) is 2. The van der Waals surface area contributed by atoms with Crippen molar-refractivity contribution in [3.63, 3.8) is 0 Å². The van der Waals surface area contributed by atoms with Crippen molar-refractivity contribution in [3.05, 3.63) is 151 Å². The van der Waals surface area contributed by atoms with Gasteiger partial charge in [-0.25, -0.2) is 0 Å². The third kappa shape index (κ3) is 3.89. The van der Waals surface area contributed by atoms with Gasteiger partial charge in [0.05, 0.1) is 22.8 Å². The van der Waals surface area contributed by atoms with Gasteiger partial charge < -0.3 is 4.57 Å². The van der Waals surface area contributed by atoms with Gasteiger partial charge >= 0.3 is 0 Å². The number of benzene rings is 6. The summed E-state index contributed by atoms with van der Waals surface area (Å²) in [5.74, 6) is 0. The summed E-state index contributed by atoms with van der Waals surface area (Å²) in [4.78, 5) is 2.51. The molecule has 7 aromatic rings. The first-order valence-electron chi connectivity index (χ1n) is 14.0. The van der Waals surface area contributed by atoms with Gasteiger partial charge in [-0.3, -0.25) is 0 Å². The Kier molecular flexibility index (Phi) is 5.81. The Bertz CT molecular complexity index is 2170. The summed E-state index contributed by atoms with van der Waals surface area (Å²) in [6, 6.07) is 53.7. The molecular formula is C39H24N2S. The van der Waals surface area contributed by atoms with E-state index in [2.05, 4.69) is 138 Å². The fourth-order valence-electron chi connectivity index (χ4n) is 6.18. The summed E-state index contributed by atoms with van der Waals surface area (Å²) in [6.07, 6.45) is 0. The van der Waals surface area contributed by atoms with E-state index >= 15 is 0 Å². The highest BCUT2D eigenvalue weighted by molar-refractivity contribution is 7.99. The maximum Gasteiger partial charge on any atom is 0.0991 e. The summed E-state index contributed by atoms with van der Waals surface area (Å²) < 4.78 is 2.46. The molecule has 0 amide bonds. The van der Waals surface area contributed by atoms with Gasteiger partial charge in [0.1, 0.15) is 0 Å². The van der Waals surface area contributed by atoms with Crippen molar-refractivity contribution in [2.75, 3.05) is 0 Å². The van der Waals surface area contributed by atoms with Crippen molar-refractivity contribution in [3.8, 4) is 56.4 Å². The van der Waals surface area contributed by atoms with E-state index in [9.17, 15) is 5.26 Å². The monoisotopic (exact) mass is 552 g/mol. The number of rotatable bonds is 3. The van der Waals surface area contributed by atoms with E-state index in [0.29, 0.717) is 5.56 Å². The molecule has 1 aromatic heterocycles. The predicted octanol–water partition coefficient (Wildman–Crippen LogP) is 10.6. The van der Waals surface area contributed by atoms with E-state index in [0.717, 1.165) is 16.8 Å². The molecule has 0 saturated carbocycles. The molecule has 0 N–H and O–H groups in total. The van der Waals surface area contributed by atoms with Crippen LogP contribution in [0.1, 0.15) is 5.56 Å². The second-order valence-electron chi connectivity index (χ2n) is 10.5. The van der Waals surface area contributed by atoms with Crippen LogP contribution in [0.5, 0.6) is 0 Å². The highest BCUT2D eigenvalue weighted by atomic mass is 32.2. The second kappa shape index (κ2) is 9.96. The van der Waals surface area contributed by atoms with Crippen molar-refractivity contribution >= 4 is 22.7 Å². The standard InChI is InChI=1S/C39H24N2S/c40-25-26-10-8-13-29(24-26)27-20-22-30(23-21-27)41-38-31(28-11-2-1-3-12-28)16-9-17-34(38)37-32-14-4-6-18-35(32)42-36-19-7-5-15-33(36)39(37)41/h1-24H. The quantitative estimate of drug-likeness (QED) is 0.218. The van der Waals surface area contributed by atoms with Gasteiger partial charge in [0.2, 0.25) is 0 Å². The lowest BCUT2D eigenvalue weighted by atomic mass is 9.96. The van der Waals surface area contributed by atoms with Crippen molar-refractivity contribution in [1.82, 2.24) is 4.57 Å². The number of fused-ring (bicyclic) bond motifs is 7. The average molecular weight is 553 g/mol. The second-order valence-corrected chi connectivity index (χ2v) is 11.5. The van der Waals surface area contributed by atoms with Crippen LogP contribution in [0.2, 0.25) is 0 Å². The highest BCUT2D eigenvalue weighted by Crippen LogP contribution is 2.53. The van der Waals surface area contributed by atoms with Crippen LogP contribution in [0.25, 0.3) is 61.2 Å². The van der Waals surface area contributed by atoms with E-state index in [1.54, 1.807) is 0 Å². The minimum Gasteiger partial charge on any atom is -0.308 e. The summed E-state index contributed by atoms with van der Waals surface area (Å²) in [6.45, 7) is 0. The normalized spacial score (nSPS) is 11.7. The highest BCUT2D eigenvalue weighted by Gasteiger charge is 2.28. The SMILES string of the molecule is N#Cc1cccc(-c2ccc(-n3c4c(c5cccc(-c6ccccc6)c53)-c3ccccc3Sc3ccccc3-4)cc2)c1. The summed E-state index contributed by atoms with van der Waals surface area (Å²) in [5, 5.41) is 10.7. The van der Waals surface area contributed by atoms with Gasteiger partial charge in [-0.15, -0.1) is 0 Å². The fourth-order valence-corrected chi connectivity index (χ4v) is 7.26. The van der Waals surface area contributed by atoms with Crippen LogP contribution < -0.4 is 0 Å². The number of hydrogen-bond acceptors (Lipinski definition) is 2. The van der Waals surface area contributed by atoms with Gasteiger partial charge in [0.25, 0.3) is 0 Å². The van der Waals surface area contributed by atoms with E-state index in [1.165, 1.54) is 54.2 Å². The van der Waals surface area contributed by atoms with Gasteiger partial charge in [0.15, 0.2) is 0 Å². The van der Waals surface area contributed by atoms with Crippen LogP contribution in [0.15, 0.2) is 155 Å². The molecular weight excluding hydrogens is 529 g/mol. The average Bonchev–Trinajstić information content (AvgIpc) is 3.33. The van der Waals surface area contributed by atoms with Gasteiger partial charge in [-0.2, -0.15) is 5.26 Å². The number of para-hydroxylation sites is 1. The first kappa shape index (κ1) is 24.5. The molecule has 0 saturated heterocycles. The molecule has 6 aromatic carbocycles. The first-order chi connectivity index (χ1) is 20.8. The van der Waals surface area contributed by atoms with Gasteiger partial charge in [-0.1, -0.05) is 121 Å². The van der Waals surface area contributed by atoms with Crippen molar-refractivity contribution in [2.45, 2.75) is 9.79 Å². The van der Waals surface area contributed by atoms with E-state index in [1.807, 2.05) is 30.0 Å². The lowest BCUT2D eigenvalue weighted by Crippen LogP contribution is -1.99. The molecule has 0 fully saturated rings. The largest absolute Gasteiger partial charge is 0.308 e. The Hall–Kier alpha value is -5.30. The van der Waals surface area contributed by atoms with Crippen LogP contribution >= 0.6 is 11.8 Å². The maximum atomic E-state index is 9.43.